The third-order valence-corrected chi connectivity index (χ3v) is 7.75. The minimum Gasteiger partial charge on any atom is -0.496 e. The fourth-order valence-electron chi connectivity index (χ4n) is 5.07. The van der Waals surface area contributed by atoms with Crippen LogP contribution in [0, 0.1) is 6.92 Å². The van der Waals surface area contributed by atoms with Gasteiger partial charge in [-0.2, -0.15) is 5.10 Å². The monoisotopic (exact) mass is 587 g/mol. The standard InChI is InChI=1S/C31H34ClN7O3/c1-19-28(29(36-35-19)22-7-5-6-8-27(22)42-4)31(41)39-15-13-38(14-16-39)26-18-25(24(33)17-23(26)32)34-30(40)20-9-11-21(12-10-20)37(2)3/h5-12,17-18H,13-16,33H2,1-4H3,(H,34,40)(H,35,36). The zero-order valence-electron chi connectivity index (χ0n) is 24.1. The number of aromatic nitrogens is 2. The molecule has 1 aromatic heterocycles. The molecular formula is C31H34ClN7O3. The number of ether oxygens (including phenoxy) is 1. The second-order valence-corrected chi connectivity index (χ2v) is 10.7. The summed E-state index contributed by atoms with van der Waals surface area (Å²) in [6.45, 7) is 3.91. The van der Waals surface area contributed by atoms with Crippen LogP contribution in [0.4, 0.5) is 22.7 Å². The van der Waals surface area contributed by atoms with Crippen molar-refractivity contribution in [1.29, 1.82) is 0 Å². The molecule has 218 valence electrons. The van der Waals surface area contributed by atoms with Crippen LogP contribution in [0.1, 0.15) is 26.4 Å². The van der Waals surface area contributed by atoms with Crippen LogP contribution in [-0.2, 0) is 0 Å². The van der Waals surface area contributed by atoms with Gasteiger partial charge in [-0.3, -0.25) is 14.7 Å². The molecule has 5 rings (SSSR count). The molecule has 0 saturated carbocycles. The van der Waals surface area contributed by atoms with Crippen LogP contribution in [0.5, 0.6) is 5.75 Å². The average molecular weight is 588 g/mol. The van der Waals surface area contributed by atoms with Crippen LogP contribution in [0.2, 0.25) is 5.02 Å². The molecule has 0 spiro atoms. The topological polar surface area (TPSA) is 120 Å². The number of hydrogen-bond donors (Lipinski definition) is 3. The van der Waals surface area contributed by atoms with Crippen LogP contribution in [0.25, 0.3) is 11.3 Å². The lowest BCUT2D eigenvalue weighted by molar-refractivity contribution is 0.0746. The Hall–Kier alpha value is -4.70. The van der Waals surface area contributed by atoms with Gasteiger partial charge in [-0.05, 0) is 55.5 Å². The van der Waals surface area contributed by atoms with Crippen molar-refractivity contribution in [2.45, 2.75) is 6.92 Å². The van der Waals surface area contributed by atoms with E-state index < -0.39 is 0 Å². The van der Waals surface area contributed by atoms with Crippen molar-refractivity contribution in [2.24, 2.45) is 0 Å². The first-order valence-corrected chi connectivity index (χ1v) is 14.0. The number of hydrogen-bond acceptors (Lipinski definition) is 7. The number of anilines is 4. The predicted octanol–water partition coefficient (Wildman–Crippen LogP) is 4.91. The minimum atomic E-state index is -0.267. The number of piperazine rings is 1. The lowest BCUT2D eigenvalue weighted by Gasteiger charge is -2.37. The molecule has 3 aromatic carbocycles. The Kier molecular flexibility index (Phi) is 8.26. The van der Waals surface area contributed by atoms with Crippen molar-refractivity contribution in [2.75, 3.05) is 68.2 Å². The molecule has 1 aliphatic heterocycles. The van der Waals surface area contributed by atoms with Gasteiger partial charge in [0.05, 0.1) is 34.8 Å². The highest BCUT2D eigenvalue weighted by Gasteiger charge is 2.29. The summed E-state index contributed by atoms with van der Waals surface area (Å²) < 4.78 is 5.51. The number of nitrogens with one attached hydrogen (secondary N) is 2. The molecule has 0 unspecified atom stereocenters. The summed E-state index contributed by atoms with van der Waals surface area (Å²) in [6.07, 6.45) is 0. The van der Waals surface area contributed by atoms with Gasteiger partial charge in [-0.15, -0.1) is 0 Å². The molecule has 0 atom stereocenters. The van der Waals surface area contributed by atoms with Crippen molar-refractivity contribution in [1.82, 2.24) is 15.1 Å². The second-order valence-electron chi connectivity index (χ2n) is 10.3. The van der Waals surface area contributed by atoms with Crippen molar-refractivity contribution >= 4 is 46.2 Å². The first-order valence-electron chi connectivity index (χ1n) is 13.6. The maximum absolute atomic E-state index is 13.7. The molecule has 4 aromatic rings. The molecule has 2 amide bonds. The number of nitrogen functional groups attached to an aromatic ring is 1. The summed E-state index contributed by atoms with van der Waals surface area (Å²) in [5.41, 5.74) is 11.9. The third kappa shape index (κ3) is 5.71. The van der Waals surface area contributed by atoms with E-state index in [0.29, 0.717) is 70.8 Å². The summed E-state index contributed by atoms with van der Waals surface area (Å²) in [6, 6.07) is 18.3. The quantitative estimate of drug-likeness (QED) is 0.263. The molecule has 0 bridgehead atoms. The number of amides is 2. The van der Waals surface area contributed by atoms with Crippen LogP contribution in [-0.4, -0.2) is 74.3 Å². The number of aromatic amines is 1. The molecule has 1 fully saturated rings. The number of carbonyl (C=O) groups is 2. The van der Waals surface area contributed by atoms with E-state index in [0.717, 1.165) is 16.9 Å². The van der Waals surface area contributed by atoms with Gasteiger partial charge < -0.3 is 30.5 Å². The number of benzene rings is 3. The molecule has 42 heavy (non-hydrogen) atoms. The first-order chi connectivity index (χ1) is 20.2. The maximum Gasteiger partial charge on any atom is 0.258 e. The van der Waals surface area contributed by atoms with Crippen molar-refractivity contribution in [3.63, 3.8) is 0 Å². The molecule has 2 heterocycles. The predicted molar refractivity (Wildman–Crippen MR) is 168 cm³/mol. The number of para-hydroxylation sites is 1. The lowest BCUT2D eigenvalue weighted by Crippen LogP contribution is -2.49. The van der Waals surface area contributed by atoms with Gasteiger partial charge >= 0.3 is 0 Å². The van der Waals surface area contributed by atoms with E-state index in [-0.39, 0.29) is 11.8 Å². The normalized spacial score (nSPS) is 13.2. The van der Waals surface area contributed by atoms with E-state index >= 15 is 0 Å². The number of rotatable bonds is 7. The molecule has 0 radical (unpaired) electrons. The Morgan fingerprint density at radius 2 is 1.74 bits per heavy atom. The van der Waals surface area contributed by atoms with Gasteiger partial charge in [0.15, 0.2) is 0 Å². The average Bonchev–Trinajstić information content (AvgIpc) is 3.39. The fourth-order valence-corrected chi connectivity index (χ4v) is 5.36. The zero-order valence-corrected chi connectivity index (χ0v) is 24.8. The summed E-state index contributed by atoms with van der Waals surface area (Å²) in [5.74, 6) is 0.282. The van der Waals surface area contributed by atoms with Gasteiger partial charge in [0.2, 0.25) is 0 Å². The van der Waals surface area contributed by atoms with Gasteiger partial charge in [0.25, 0.3) is 11.8 Å². The Bertz CT molecular complexity index is 1610. The zero-order chi connectivity index (χ0) is 30.0. The van der Waals surface area contributed by atoms with Crippen LogP contribution >= 0.6 is 11.6 Å². The Labute approximate surface area is 250 Å². The number of carbonyl (C=O) groups excluding carboxylic acids is 2. The Morgan fingerprint density at radius 3 is 2.40 bits per heavy atom. The third-order valence-electron chi connectivity index (χ3n) is 7.44. The number of H-pyrrole nitrogens is 1. The van der Waals surface area contributed by atoms with Crippen LogP contribution in [0.3, 0.4) is 0 Å². The number of nitrogens with two attached hydrogens (primary N) is 1. The van der Waals surface area contributed by atoms with Gasteiger partial charge in [-0.1, -0.05) is 23.7 Å². The summed E-state index contributed by atoms with van der Waals surface area (Å²) in [7, 11) is 5.48. The number of halogens is 1. The highest BCUT2D eigenvalue weighted by molar-refractivity contribution is 6.34. The summed E-state index contributed by atoms with van der Waals surface area (Å²) in [5, 5.41) is 10.8. The van der Waals surface area contributed by atoms with E-state index in [4.69, 9.17) is 22.1 Å². The second kappa shape index (κ2) is 12.0. The van der Waals surface area contributed by atoms with Gasteiger partial charge in [-0.25, -0.2) is 0 Å². The minimum absolute atomic E-state index is 0.0987. The molecule has 4 N–H and O–H groups in total. The van der Waals surface area contributed by atoms with Gasteiger partial charge in [0, 0.05) is 62.8 Å². The van der Waals surface area contributed by atoms with E-state index in [2.05, 4.69) is 20.4 Å². The van der Waals surface area contributed by atoms with Crippen molar-refractivity contribution in [3.8, 4) is 17.0 Å². The molecule has 10 nitrogen and oxygen atoms in total. The smallest absolute Gasteiger partial charge is 0.258 e. The van der Waals surface area contributed by atoms with Gasteiger partial charge in [0.1, 0.15) is 11.4 Å². The van der Waals surface area contributed by atoms with Crippen LogP contribution in [0.15, 0.2) is 60.7 Å². The number of methoxy groups -OCH3 is 1. The molecule has 1 saturated heterocycles. The molecule has 0 aliphatic carbocycles. The van der Waals surface area contributed by atoms with E-state index in [9.17, 15) is 9.59 Å². The highest BCUT2D eigenvalue weighted by atomic mass is 35.5. The first kappa shape index (κ1) is 28.8. The highest BCUT2D eigenvalue weighted by Crippen LogP contribution is 2.36. The van der Waals surface area contributed by atoms with E-state index in [1.54, 1.807) is 31.4 Å². The van der Waals surface area contributed by atoms with E-state index in [1.165, 1.54) is 0 Å². The fraction of sp³-hybridized carbons (Fsp3) is 0.258. The number of aryl methyl sites for hydroxylation is 1. The molecule has 11 heteroatoms. The largest absolute Gasteiger partial charge is 0.496 e. The van der Waals surface area contributed by atoms with E-state index in [1.807, 2.05) is 67.2 Å². The number of nitrogens with zero attached hydrogens (tertiary/aromatic N) is 4. The van der Waals surface area contributed by atoms with Crippen LogP contribution < -0.4 is 25.6 Å². The SMILES string of the molecule is COc1ccccc1-c1n[nH]c(C)c1C(=O)N1CCN(c2cc(NC(=O)c3ccc(N(C)C)cc3)c(N)cc2Cl)CC1. The summed E-state index contributed by atoms with van der Waals surface area (Å²) >= 11 is 6.61. The molecule has 1 aliphatic rings. The maximum atomic E-state index is 13.7. The Balaban J connectivity index is 1.30. The molecular weight excluding hydrogens is 554 g/mol. The van der Waals surface area contributed by atoms with Crippen molar-refractivity contribution < 1.29 is 14.3 Å². The Morgan fingerprint density at radius 1 is 1.05 bits per heavy atom. The summed E-state index contributed by atoms with van der Waals surface area (Å²) in [4.78, 5) is 32.6. The lowest BCUT2D eigenvalue weighted by atomic mass is 10.0. The van der Waals surface area contributed by atoms with Crippen molar-refractivity contribution in [3.05, 3.63) is 82.5 Å².